The molecule has 0 heterocycles. The van der Waals surface area contributed by atoms with Gasteiger partial charge in [0.15, 0.2) is 0 Å². The summed E-state index contributed by atoms with van der Waals surface area (Å²) in [6, 6.07) is 7.78. The molecule has 98 valence electrons. The van der Waals surface area contributed by atoms with Gasteiger partial charge in [-0.15, -0.1) is 0 Å². The third-order valence-electron chi connectivity index (χ3n) is 2.89. The molecule has 1 unspecified atom stereocenters. The maximum Gasteiger partial charge on any atom is 0.122 e. The highest BCUT2D eigenvalue weighted by Crippen LogP contribution is 2.27. The second kappa shape index (κ2) is 5.88. The number of nitrogens with zero attached hydrogens (tertiary/aromatic N) is 1. The highest BCUT2D eigenvalue weighted by Gasteiger charge is 2.14. The molecule has 0 aliphatic heterocycles. The summed E-state index contributed by atoms with van der Waals surface area (Å²) >= 11 is 0. The first kappa shape index (κ1) is 14.5. The molecule has 0 fully saturated rings. The number of nitrogens with two attached hydrogens (primary N) is 1. The van der Waals surface area contributed by atoms with E-state index in [1.165, 1.54) is 5.56 Å². The van der Waals surface area contributed by atoms with Crippen LogP contribution in [0.15, 0.2) is 18.2 Å². The van der Waals surface area contributed by atoms with Gasteiger partial charge in [-0.2, -0.15) is 5.26 Å². The zero-order valence-corrected chi connectivity index (χ0v) is 11.7. The zero-order valence-electron chi connectivity index (χ0n) is 11.7. The van der Waals surface area contributed by atoms with Gasteiger partial charge in [-0.3, -0.25) is 0 Å². The van der Waals surface area contributed by atoms with Gasteiger partial charge in [0.1, 0.15) is 5.75 Å². The first-order valence-electron chi connectivity index (χ1n) is 6.23. The van der Waals surface area contributed by atoms with Crippen LogP contribution in [0, 0.1) is 18.3 Å². The summed E-state index contributed by atoms with van der Waals surface area (Å²) in [4.78, 5) is 0. The number of benzene rings is 1. The van der Waals surface area contributed by atoms with Crippen LogP contribution in [-0.2, 0) is 5.41 Å². The highest BCUT2D eigenvalue weighted by atomic mass is 16.5. The topological polar surface area (TPSA) is 59.0 Å². The Morgan fingerprint density at radius 3 is 2.56 bits per heavy atom. The molecule has 0 aliphatic rings. The maximum atomic E-state index is 8.58. The van der Waals surface area contributed by atoms with E-state index >= 15 is 0 Å². The van der Waals surface area contributed by atoms with E-state index in [0.717, 1.165) is 11.3 Å². The molecule has 0 spiro atoms. The van der Waals surface area contributed by atoms with Crippen molar-refractivity contribution in [3.8, 4) is 11.8 Å². The van der Waals surface area contributed by atoms with Crippen molar-refractivity contribution in [1.29, 1.82) is 5.26 Å². The van der Waals surface area contributed by atoms with E-state index in [0.29, 0.717) is 13.0 Å². The molecule has 1 aromatic rings. The van der Waals surface area contributed by atoms with Gasteiger partial charge in [-0.05, 0) is 29.5 Å². The van der Waals surface area contributed by atoms with E-state index in [1.54, 1.807) is 0 Å². The molecule has 1 rings (SSSR count). The van der Waals surface area contributed by atoms with E-state index in [9.17, 15) is 0 Å². The van der Waals surface area contributed by atoms with E-state index in [4.69, 9.17) is 15.7 Å². The van der Waals surface area contributed by atoms with Gasteiger partial charge in [0.25, 0.3) is 0 Å². The third-order valence-corrected chi connectivity index (χ3v) is 2.89. The van der Waals surface area contributed by atoms with E-state index in [-0.39, 0.29) is 5.41 Å². The van der Waals surface area contributed by atoms with E-state index < -0.39 is 6.04 Å². The minimum Gasteiger partial charge on any atom is -0.493 e. The molecule has 0 saturated carbocycles. The summed E-state index contributed by atoms with van der Waals surface area (Å²) in [5.41, 5.74) is 8.07. The predicted molar refractivity (Wildman–Crippen MR) is 73.6 cm³/mol. The number of ether oxygens (including phenoxy) is 1. The minimum absolute atomic E-state index is 0.145. The molecule has 3 heteroatoms. The Morgan fingerprint density at radius 2 is 2.06 bits per heavy atom. The van der Waals surface area contributed by atoms with Crippen molar-refractivity contribution in [2.45, 2.75) is 45.6 Å². The van der Waals surface area contributed by atoms with Gasteiger partial charge >= 0.3 is 0 Å². The lowest BCUT2D eigenvalue weighted by Crippen LogP contribution is -2.20. The second-order valence-electron chi connectivity index (χ2n) is 5.60. The summed E-state index contributed by atoms with van der Waals surface area (Å²) in [6.45, 7) is 9.08. The van der Waals surface area contributed by atoms with Crippen molar-refractivity contribution in [2.75, 3.05) is 6.61 Å². The van der Waals surface area contributed by atoms with Crippen LogP contribution in [0.1, 0.15) is 38.3 Å². The fourth-order valence-corrected chi connectivity index (χ4v) is 1.64. The monoisotopic (exact) mass is 246 g/mol. The quantitative estimate of drug-likeness (QED) is 0.888. The fourth-order valence-electron chi connectivity index (χ4n) is 1.64. The first-order chi connectivity index (χ1) is 8.34. The lowest BCUT2D eigenvalue weighted by molar-refractivity contribution is 0.304. The molecule has 0 saturated heterocycles. The summed E-state index contributed by atoms with van der Waals surface area (Å²) in [5, 5.41) is 8.58. The van der Waals surface area contributed by atoms with Crippen LogP contribution in [0.4, 0.5) is 0 Å². The van der Waals surface area contributed by atoms with Gasteiger partial charge in [-0.25, -0.2) is 0 Å². The summed E-state index contributed by atoms with van der Waals surface area (Å²) in [6.07, 6.45) is 0.553. The largest absolute Gasteiger partial charge is 0.493 e. The summed E-state index contributed by atoms with van der Waals surface area (Å²) < 4.78 is 5.65. The molecule has 0 bridgehead atoms. The van der Waals surface area contributed by atoms with Gasteiger partial charge in [0, 0.05) is 6.42 Å². The summed E-state index contributed by atoms with van der Waals surface area (Å²) in [7, 11) is 0. The van der Waals surface area contributed by atoms with Crippen molar-refractivity contribution in [1.82, 2.24) is 0 Å². The lowest BCUT2D eigenvalue weighted by Gasteiger charge is -2.20. The van der Waals surface area contributed by atoms with Crippen molar-refractivity contribution in [3.63, 3.8) is 0 Å². The standard InChI is InChI=1S/C15H22N2O/c1-11-9-12(15(2,3)4)5-6-14(11)18-8-7-13(17)10-16/h5-6,9,13H,7-8,17H2,1-4H3. The number of aryl methyl sites for hydroxylation is 1. The van der Waals surface area contributed by atoms with E-state index in [1.807, 2.05) is 19.1 Å². The SMILES string of the molecule is Cc1cc(C(C)(C)C)ccc1OCCC(N)C#N. The third kappa shape index (κ3) is 4.05. The average molecular weight is 246 g/mol. The van der Waals surface area contributed by atoms with Crippen LogP contribution in [0.3, 0.4) is 0 Å². The molecule has 2 N–H and O–H groups in total. The Morgan fingerprint density at radius 1 is 1.39 bits per heavy atom. The lowest BCUT2D eigenvalue weighted by atomic mass is 9.86. The van der Waals surface area contributed by atoms with Crippen LogP contribution in [0.25, 0.3) is 0 Å². The first-order valence-corrected chi connectivity index (χ1v) is 6.23. The number of rotatable bonds is 4. The predicted octanol–water partition coefficient (Wildman–Crippen LogP) is 2.91. The molecular weight excluding hydrogens is 224 g/mol. The van der Waals surface area contributed by atoms with Gasteiger partial charge < -0.3 is 10.5 Å². The smallest absolute Gasteiger partial charge is 0.122 e. The van der Waals surface area contributed by atoms with Gasteiger partial charge in [-0.1, -0.05) is 32.9 Å². The molecule has 0 aliphatic carbocycles. The average Bonchev–Trinajstić information content (AvgIpc) is 2.29. The summed E-state index contributed by atoms with van der Waals surface area (Å²) in [5.74, 6) is 0.869. The van der Waals surface area contributed by atoms with Crippen LogP contribution in [0.2, 0.25) is 0 Å². The number of hydrogen-bond acceptors (Lipinski definition) is 3. The normalized spacial score (nSPS) is 12.9. The molecule has 1 atom stereocenters. The van der Waals surface area contributed by atoms with Crippen molar-refractivity contribution in [3.05, 3.63) is 29.3 Å². The molecule has 3 nitrogen and oxygen atoms in total. The second-order valence-corrected chi connectivity index (χ2v) is 5.60. The Kier molecular flexibility index (Phi) is 4.75. The molecule has 1 aromatic carbocycles. The molecule has 0 amide bonds. The van der Waals surface area contributed by atoms with Crippen molar-refractivity contribution >= 4 is 0 Å². The van der Waals surface area contributed by atoms with Gasteiger partial charge in [0.05, 0.1) is 18.7 Å². The Bertz CT molecular complexity index is 441. The molecule has 18 heavy (non-hydrogen) atoms. The Labute approximate surface area is 110 Å². The zero-order chi connectivity index (χ0) is 13.8. The number of hydrogen-bond donors (Lipinski definition) is 1. The molecule has 0 radical (unpaired) electrons. The molecule has 0 aromatic heterocycles. The van der Waals surface area contributed by atoms with Crippen LogP contribution >= 0.6 is 0 Å². The number of nitriles is 1. The maximum absolute atomic E-state index is 8.58. The van der Waals surface area contributed by atoms with Crippen molar-refractivity contribution in [2.24, 2.45) is 5.73 Å². The Balaban J connectivity index is 2.67. The van der Waals surface area contributed by atoms with E-state index in [2.05, 4.69) is 32.9 Å². The fraction of sp³-hybridized carbons (Fsp3) is 0.533. The van der Waals surface area contributed by atoms with Crippen LogP contribution < -0.4 is 10.5 Å². The van der Waals surface area contributed by atoms with Gasteiger partial charge in [0.2, 0.25) is 0 Å². The van der Waals surface area contributed by atoms with Crippen molar-refractivity contribution < 1.29 is 4.74 Å². The highest BCUT2D eigenvalue weighted by molar-refractivity contribution is 5.38. The molecular formula is C15H22N2O. The Hall–Kier alpha value is -1.53. The van der Waals surface area contributed by atoms with Crippen LogP contribution in [-0.4, -0.2) is 12.6 Å². The minimum atomic E-state index is -0.445. The van der Waals surface area contributed by atoms with Crippen LogP contribution in [0.5, 0.6) is 5.75 Å².